The van der Waals surface area contributed by atoms with Crippen LogP contribution in [0.3, 0.4) is 0 Å². The van der Waals surface area contributed by atoms with E-state index in [1.54, 1.807) is 19.2 Å². The summed E-state index contributed by atoms with van der Waals surface area (Å²) in [6.45, 7) is 0. The predicted octanol–water partition coefficient (Wildman–Crippen LogP) is 1.68. The molecule has 1 fully saturated rings. The number of carboxylic acids is 1. The molecule has 0 heterocycles. The smallest absolute Gasteiger partial charge is 0.335 e. The molecule has 0 bridgehead atoms. The van der Waals surface area contributed by atoms with Gasteiger partial charge in [-0.1, -0.05) is 6.07 Å². The molecule has 0 saturated heterocycles. The van der Waals surface area contributed by atoms with Crippen molar-refractivity contribution in [1.29, 1.82) is 0 Å². The van der Waals surface area contributed by atoms with Crippen molar-refractivity contribution in [3.05, 3.63) is 35.4 Å². The summed E-state index contributed by atoms with van der Waals surface area (Å²) >= 11 is 0. The van der Waals surface area contributed by atoms with Gasteiger partial charge in [0.25, 0.3) is 5.91 Å². The number of carbonyl (C=O) groups is 2. The highest BCUT2D eigenvalue weighted by molar-refractivity contribution is 5.97. The van der Waals surface area contributed by atoms with E-state index in [0.29, 0.717) is 5.56 Å². The summed E-state index contributed by atoms with van der Waals surface area (Å²) in [5, 5.41) is 11.8. The van der Waals surface area contributed by atoms with Gasteiger partial charge in [-0.25, -0.2) is 4.79 Å². The number of nitrogens with one attached hydrogen (secondary N) is 1. The lowest BCUT2D eigenvalue weighted by atomic mass is 10.1. The van der Waals surface area contributed by atoms with Crippen LogP contribution in [-0.4, -0.2) is 36.2 Å². The van der Waals surface area contributed by atoms with E-state index in [0.717, 1.165) is 19.3 Å². The minimum atomic E-state index is -1.03. The molecule has 1 aromatic carbocycles. The van der Waals surface area contributed by atoms with E-state index in [-0.39, 0.29) is 23.6 Å². The molecule has 1 aliphatic carbocycles. The fraction of sp³-hybridized carbons (Fsp3) is 0.429. The molecule has 1 amide bonds. The second-order valence-corrected chi connectivity index (χ2v) is 4.73. The molecule has 5 nitrogen and oxygen atoms in total. The maximum atomic E-state index is 12.0. The topological polar surface area (TPSA) is 75.6 Å². The van der Waals surface area contributed by atoms with Gasteiger partial charge in [0.2, 0.25) is 0 Å². The number of ether oxygens (including phenoxy) is 1. The van der Waals surface area contributed by atoms with E-state index < -0.39 is 5.97 Å². The summed E-state index contributed by atoms with van der Waals surface area (Å²) in [7, 11) is 1.67. The van der Waals surface area contributed by atoms with Crippen LogP contribution in [0.2, 0.25) is 0 Å². The van der Waals surface area contributed by atoms with Gasteiger partial charge in [0.1, 0.15) is 0 Å². The number of amides is 1. The van der Waals surface area contributed by atoms with Gasteiger partial charge in [-0.05, 0) is 37.5 Å². The molecular weight excluding hydrogens is 246 g/mol. The summed E-state index contributed by atoms with van der Waals surface area (Å²) in [6.07, 6.45) is 2.84. The Labute approximate surface area is 111 Å². The van der Waals surface area contributed by atoms with E-state index in [2.05, 4.69) is 5.32 Å². The molecule has 19 heavy (non-hydrogen) atoms. The quantitative estimate of drug-likeness (QED) is 0.866. The molecule has 1 aromatic rings. The number of benzene rings is 1. The van der Waals surface area contributed by atoms with Gasteiger partial charge in [-0.15, -0.1) is 0 Å². The Hall–Kier alpha value is -1.88. The summed E-state index contributed by atoms with van der Waals surface area (Å²) in [6, 6.07) is 6.15. The van der Waals surface area contributed by atoms with Crippen molar-refractivity contribution in [2.24, 2.45) is 0 Å². The molecular formula is C14H17NO4. The van der Waals surface area contributed by atoms with Crippen molar-refractivity contribution in [3.8, 4) is 0 Å². The molecule has 0 aliphatic heterocycles. The number of carboxylic acid groups (broad SMARTS) is 1. The second-order valence-electron chi connectivity index (χ2n) is 4.73. The largest absolute Gasteiger partial charge is 0.478 e. The molecule has 102 valence electrons. The Bertz CT molecular complexity index is 486. The van der Waals surface area contributed by atoms with Gasteiger partial charge in [0.05, 0.1) is 11.7 Å². The maximum absolute atomic E-state index is 12.0. The first-order chi connectivity index (χ1) is 9.10. The van der Waals surface area contributed by atoms with Crippen molar-refractivity contribution in [2.45, 2.75) is 31.4 Å². The minimum absolute atomic E-state index is 0.103. The molecule has 0 radical (unpaired) electrons. The van der Waals surface area contributed by atoms with Crippen LogP contribution in [0.5, 0.6) is 0 Å². The van der Waals surface area contributed by atoms with Gasteiger partial charge in [-0.2, -0.15) is 0 Å². The zero-order valence-corrected chi connectivity index (χ0v) is 10.8. The Kier molecular flexibility index (Phi) is 4.16. The Morgan fingerprint density at radius 1 is 1.32 bits per heavy atom. The molecule has 0 spiro atoms. The predicted molar refractivity (Wildman–Crippen MR) is 69.3 cm³/mol. The van der Waals surface area contributed by atoms with Crippen LogP contribution in [0.4, 0.5) is 0 Å². The lowest BCUT2D eigenvalue weighted by Gasteiger charge is -2.13. The zero-order chi connectivity index (χ0) is 13.8. The zero-order valence-electron chi connectivity index (χ0n) is 10.8. The van der Waals surface area contributed by atoms with E-state index >= 15 is 0 Å². The third kappa shape index (κ3) is 3.32. The lowest BCUT2D eigenvalue weighted by Crippen LogP contribution is -2.33. The number of hydrogen-bond acceptors (Lipinski definition) is 3. The van der Waals surface area contributed by atoms with Gasteiger partial charge < -0.3 is 15.2 Å². The highest BCUT2D eigenvalue weighted by Crippen LogP contribution is 2.21. The number of hydrogen-bond donors (Lipinski definition) is 2. The van der Waals surface area contributed by atoms with Gasteiger partial charge in [0.15, 0.2) is 0 Å². The number of aromatic carboxylic acids is 1. The van der Waals surface area contributed by atoms with E-state index in [1.165, 1.54) is 12.1 Å². The van der Waals surface area contributed by atoms with Crippen molar-refractivity contribution in [2.75, 3.05) is 7.11 Å². The van der Waals surface area contributed by atoms with E-state index in [9.17, 15) is 9.59 Å². The number of carbonyl (C=O) groups excluding carboxylic acids is 1. The average molecular weight is 263 g/mol. The standard InChI is InChI=1S/C14H17NO4/c1-19-12-6-5-11(8-12)15-13(16)9-3-2-4-10(7-9)14(17)18/h2-4,7,11-12H,5-6,8H2,1H3,(H,15,16)(H,17,18). The fourth-order valence-corrected chi connectivity index (χ4v) is 2.35. The SMILES string of the molecule is COC1CCC(NC(=O)c2cccc(C(=O)O)c2)C1. The summed E-state index contributed by atoms with van der Waals surface area (Å²) in [4.78, 5) is 22.9. The van der Waals surface area contributed by atoms with Crippen molar-refractivity contribution in [3.63, 3.8) is 0 Å². The first kappa shape index (κ1) is 13.5. The summed E-state index contributed by atoms with van der Waals surface area (Å²) < 4.78 is 5.25. The van der Waals surface area contributed by atoms with E-state index in [1.807, 2.05) is 0 Å². The summed E-state index contributed by atoms with van der Waals surface area (Å²) in [5.41, 5.74) is 0.495. The van der Waals surface area contributed by atoms with Crippen molar-refractivity contribution < 1.29 is 19.4 Å². The van der Waals surface area contributed by atoms with E-state index in [4.69, 9.17) is 9.84 Å². The monoisotopic (exact) mass is 263 g/mol. The van der Waals surface area contributed by atoms with Crippen LogP contribution < -0.4 is 5.32 Å². The van der Waals surface area contributed by atoms with Crippen molar-refractivity contribution >= 4 is 11.9 Å². The third-order valence-electron chi connectivity index (χ3n) is 3.42. The minimum Gasteiger partial charge on any atom is -0.478 e. The Morgan fingerprint density at radius 2 is 2.05 bits per heavy atom. The molecule has 5 heteroatoms. The molecule has 1 aliphatic rings. The Balaban J connectivity index is 2.00. The van der Waals surface area contributed by atoms with Crippen LogP contribution in [0.1, 0.15) is 40.0 Å². The number of rotatable bonds is 4. The summed E-state index contributed by atoms with van der Waals surface area (Å²) in [5.74, 6) is -1.26. The van der Waals surface area contributed by atoms with Crippen LogP contribution in [-0.2, 0) is 4.74 Å². The number of methoxy groups -OCH3 is 1. The molecule has 2 rings (SSSR count). The molecule has 2 atom stereocenters. The fourth-order valence-electron chi connectivity index (χ4n) is 2.35. The first-order valence-corrected chi connectivity index (χ1v) is 6.27. The van der Waals surface area contributed by atoms with Gasteiger partial charge >= 0.3 is 5.97 Å². The highest BCUT2D eigenvalue weighted by atomic mass is 16.5. The normalized spacial score (nSPS) is 22.2. The Morgan fingerprint density at radius 3 is 2.68 bits per heavy atom. The van der Waals surface area contributed by atoms with Gasteiger partial charge in [-0.3, -0.25) is 4.79 Å². The average Bonchev–Trinajstić information content (AvgIpc) is 2.86. The third-order valence-corrected chi connectivity index (χ3v) is 3.42. The molecule has 2 N–H and O–H groups in total. The molecule has 1 saturated carbocycles. The lowest BCUT2D eigenvalue weighted by molar-refractivity contribution is 0.0697. The molecule has 2 unspecified atom stereocenters. The van der Waals surface area contributed by atoms with Crippen LogP contribution in [0, 0.1) is 0 Å². The highest BCUT2D eigenvalue weighted by Gasteiger charge is 2.25. The van der Waals surface area contributed by atoms with Gasteiger partial charge in [0, 0.05) is 18.7 Å². The second kappa shape index (κ2) is 5.84. The van der Waals surface area contributed by atoms with Crippen LogP contribution in [0.25, 0.3) is 0 Å². The van der Waals surface area contributed by atoms with Crippen LogP contribution in [0.15, 0.2) is 24.3 Å². The maximum Gasteiger partial charge on any atom is 0.335 e. The van der Waals surface area contributed by atoms with Crippen LogP contribution >= 0.6 is 0 Å². The molecule has 0 aromatic heterocycles. The van der Waals surface area contributed by atoms with Crippen molar-refractivity contribution in [1.82, 2.24) is 5.32 Å². The first-order valence-electron chi connectivity index (χ1n) is 6.27.